The molecule has 0 radical (unpaired) electrons. The predicted octanol–water partition coefficient (Wildman–Crippen LogP) is 2.98. The van der Waals surface area contributed by atoms with Crippen LogP contribution < -0.4 is 10.6 Å². The summed E-state index contributed by atoms with van der Waals surface area (Å²) in [7, 11) is 0. The minimum Gasteiger partial charge on any atom is -0.338 e. The number of amides is 2. The maximum Gasteiger partial charge on any atom is 0.314 e. The fraction of sp³-hybridized carbons (Fsp3) is 0.562. The first-order valence-corrected chi connectivity index (χ1v) is 7.11. The summed E-state index contributed by atoms with van der Waals surface area (Å²) in [6, 6.07) is 8.63. The number of nitrogens with one attached hydrogen (secondary N) is 2. The highest BCUT2D eigenvalue weighted by atomic mass is 16.2. The number of hydrogen-bond acceptors (Lipinski definition) is 1. The van der Waals surface area contributed by atoms with Gasteiger partial charge in [-0.3, -0.25) is 0 Å². The van der Waals surface area contributed by atoms with Crippen LogP contribution in [0.2, 0.25) is 0 Å². The third kappa shape index (κ3) is 3.72. The Balaban J connectivity index is 1.85. The molecule has 0 saturated heterocycles. The number of benzene rings is 1. The predicted molar refractivity (Wildman–Crippen MR) is 78.3 cm³/mol. The molecule has 3 nitrogen and oxygen atoms in total. The summed E-state index contributed by atoms with van der Waals surface area (Å²) in [5.41, 5.74) is 2.81. The number of hydrogen-bond donors (Lipinski definition) is 2. The highest BCUT2D eigenvalue weighted by Gasteiger charge is 2.44. The van der Waals surface area contributed by atoms with Gasteiger partial charge in [-0.15, -0.1) is 0 Å². The van der Waals surface area contributed by atoms with Crippen LogP contribution in [0.15, 0.2) is 24.3 Å². The molecule has 0 heterocycles. The van der Waals surface area contributed by atoms with Crippen molar-refractivity contribution in [2.45, 2.75) is 39.0 Å². The van der Waals surface area contributed by atoms with Crippen LogP contribution in [0.1, 0.15) is 37.8 Å². The first-order valence-electron chi connectivity index (χ1n) is 7.11. The van der Waals surface area contributed by atoms with Crippen molar-refractivity contribution in [2.24, 2.45) is 5.92 Å². The third-order valence-electron chi connectivity index (χ3n) is 3.78. The van der Waals surface area contributed by atoms with Gasteiger partial charge in [0.15, 0.2) is 0 Å². The van der Waals surface area contributed by atoms with Gasteiger partial charge in [0.1, 0.15) is 0 Å². The van der Waals surface area contributed by atoms with E-state index in [1.54, 1.807) is 0 Å². The van der Waals surface area contributed by atoms with Gasteiger partial charge in [0, 0.05) is 18.5 Å². The second-order valence-electron chi connectivity index (χ2n) is 6.10. The topological polar surface area (TPSA) is 41.1 Å². The fourth-order valence-electron chi connectivity index (χ4n) is 2.23. The van der Waals surface area contributed by atoms with E-state index in [4.69, 9.17) is 0 Å². The van der Waals surface area contributed by atoms with Crippen LogP contribution in [0.4, 0.5) is 4.79 Å². The molecule has 1 aliphatic carbocycles. The molecule has 1 aromatic rings. The zero-order valence-corrected chi connectivity index (χ0v) is 12.1. The summed E-state index contributed by atoms with van der Waals surface area (Å²) in [6.07, 6.45) is 2.33. The zero-order valence-electron chi connectivity index (χ0n) is 12.1. The maximum absolute atomic E-state index is 11.7. The Hall–Kier alpha value is -1.51. The van der Waals surface area contributed by atoms with Crippen molar-refractivity contribution < 1.29 is 4.79 Å². The molecule has 0 aliphatic heterocycles. The normalized spacial score (nSPS) is 16.2. The average molecular weight is 260 g/mol. The standard InChI is InChI=1S/C16H24N2O/c1-12(2)10-17-15(19)18-11-16(8-9-16)14-6-4-13(3)5-7-14/h4-7,12H,8-11H2,1-3H3,(H2,17,18,19). The zero-order chi connectivity index (χ0) is 13.9. The summed E-state index contributed by atoms with van der Waals surface area (Å²) >= 11 is 0. The molecule has 0 aromatic heterocycles. The van der Waals surface area contributed by atoms with Crippen molar-refractivity contribution in [3.8, 4) is 0 Å². The molecule has 104 valence electrons. The molecule has 1 aromatic carbocycles. The highest BCUT2D eigenvalue weighted by molar-refractivity contribution is 5.74. The molecule has 0 spiro atoms. The molecule has 19 heavy (non-hydrogen) atoms. The average Bonchev–Trinajstić information content (AvgIpc) is 3.16. The van der Waals surface area contributed by atoms with E-state index < -0.39 is 0 Å². The molecule has 0 unspecified atom stereocenters. The van der Waals surface area contributed by atoms with Crippen molar-refractivity contribution in [1.29, 1.82) is 0 Å². The third-order valence-corrected chi connectivity index (χ3v) is 3.78. The molecule has 0 bridgehead atoms. The van der Waals surface area contributed by atoms with Crippen LogP contribution in [0.5, 0.6) is 0 Å². The van der Waals surface area contributed by atoms with Crippen LogP contribution in [-0.4, -0.2) is 19.1 Å². The van der Waals surface area contributed by atoms with Gasteiger partial charge < -0.3 is 10.6 Å². The van der Waals surface area contributed by atoms with Crippen molar-refractivity contribution in [3.63, 3.8) is 0 Å². The monoisotopic (exact) mass is 260 g/mol. The quantitative estimate of drug-likeness (QED) is 0.839. The lowest BCUT2D eigenvalue weighted by Gasteiger charge is -2.17. The Morgan fingerprint density at radius 3 is 2.37 bits per heavy atom. The number of carbonyl (C=O) groups is 1. The molecule has 1 aliphatic rings. The lowest BCUT2D eigenvalue weighted by molar-refractivity contribution is 0.238. The molecule has 1 saturated carbocycles. The Morgan fingerprint density at radius 1 is 1.21 bits per heavy atom. The minimum absolute atomic E-state index is 0.0490. The lowest BCUT2D eigenvalue weighted by atomic mass is 9.95. The van der Waals surface area contributed by atoms with Gasteiger partial charge in [0.05, 0.1) is 0 Å². The van der Waals surface area contributed by atoms with Crippen LogP contribution in [-0.2, 0) is 5.41 Å². The van der Waals surface area contributed by atoms with Gasteiger partial charge in [-0.1, -0.05) is 43.7 Å². The number of aryl methyl sites for hydroxylation is 1. The van der Waals surface area contributed by atoms with E-state index in [1.165, 1.54) is 24.0 Å². The lowest BCUT2D eigenvalue weighted by Crippen LogP contribution is -2.41. The van der Waals surface area contributed by atoms with Gasteiger partial charge in [-0.05, 0) is 31.2 Å². The largest absolute Gasteiger partial charge is 0.338 e. The molecule has 0 atom stereocenters. The van der Waals surface area contributed by atoms with Crippen molar-refractivity contribution in [2.75, 3.05) is 13.1 Å². The van der Waals surface area contributed by atoms with Gasteiger partial charge in [-0.2, -0.15) is 0 Å². The van der Waals surface area contributed by atoms with E-state index in [9.17, 15) is 4.79 Å². The van der Waals surface area contributed by atoms with Crippen LogP contribution in [0.25, 0.3) is 0 Å². The van der Waals surface area contributed by atoms with Gasteiger partial charge in [0.2, 0.25) is 0 Å². The van der Waals surface area contributed by atoms with Gasteiger partial charge >= 0.3 is 6.03 Å². The second kappa shape index (κ2) is 5.64. The smallest absolute Gasteiger partial charge is 0.314 e. The summed E-state index contributed by atoms with van der Waals surface area (Å²) in [6.45, 7) is 7.74. The van der Waals surface area contributed by atoms with Crippen molar-refractivity contribution in [1.82, 2.24) is 10.6 Å². The fourth-order valence-corrected chi connectivity index (χ4v) is 2.23. The van der Waals surface area contributed by atoms with Gasteiger partial charge in [-0.25, -0.2) is 4.79 Å². The molecule has 3 heteroatoms. The van der Waals surface area contributed by atoms with Crippen LogP contribution in [0, 0.1) is 12.8 Å². The van der Waals surface area contributed by atoms with Crippen molar-refractivity contribution in [3.05, 3.63) is 35.4 Å². The summed E-state index contributed by atoms with van der Waals surface area (Å²) < 4.78 is 0. The number of urea groups is 1. The molecule has 2 rings (SSSR count). The Kier molecular flexibility index (Phi) is 4.13. The minimum atomic E-state index is -0.0490. The Labute approximate surface area is 115 Å². The van der Waals surface area contributed by atoms with Crippen molar-refractivity contribution >= 4 is 6.03 Å². The number of rotatable bonds is 5. The van der Waals surface area contributed by atoms with E-state index in [-0.39, 0.29) is 11.4 Å². The number of carbonyl (C=O) groups excluding carboxylic acids is 1. The molecule has 2 N–H and O–H groups in total. The highest BCUT2D eigenvalue weighted by Crippen LogP contribution is 2.47. The molecule has 1 fully saturated rings. The van der Waals surface area contributed by atoms with E-state index >= 15 is 0 Å². The molecular formula is C16H24N2O. The molecular weight excluding hydrogens is 236 g/mol. The SMILES string of the molecule is Cc1ccc(C2(CNC(=O)NCC(C)C)CC2)cc1. The summed E-state index contributed by atoms with van der Waals surface area (Å²) in [5, 5.41) is 5.90. The first kappa shape index (κ1) is 13.9. The second-order valence-corrected chi connectivity index (χ2v) is 6.10. The summed E-state index contributed by atoms with van der Waals surface area (Å²) in [4.78, 5) is 11.7. The Morgan fingerprint density at radius 2 is 1.84 bits per heavy atom. The van der Waals surface area contributed by atoms with Crippen LogP contribution >= 0.6 is 0 Å². The van der Waals surface area contributed by atoms with Crippen LogP contribution in [0.3, 0.4) is 0 Å². The maximum atomic E-state index is 11.7. The first-order chi connectivity index (χ1) is 9.02. The summed E-state index contributed by atoms with van der Waals surface area (Å²) in [5.74, 6) is 0.484. The molecule has 2 amide bonds. The van der Waals surface area contributed by atoms with Gasteiger partial charge in [0.25, 0.3) is 0 Å². The van der Waals surface area contributed by atoms with E-state index in [2.05, 4.69) is 55.7 Å². The van der Waals surface area contributed by atoms with E-state index in [0.717, 1.165) is 13.1 Å². The Bertz CT molecular complexity index is 433. The van der Waals surface area contributed by atoms with E-state index in [0.29, 0.717) is 5.92 Å². The van der Waals surface area contributed by atoms with E-state index in [1.807, 2.05) is 0 Å².